The van der Waals surface area contributed by atoms with Crippen molar-refractivity contribution >= 4 is 23.2 Å². The van der Waals surface area contributed by atoms with E-state index in [-0.39, 0.29) is 18.3 Å². The number of aliphatic hydroxyl groups excluding tert-OH is 1. The molecule has 2 rings (SSSR count). The van der Waals surface area contributed by atoms with E-state index in [1.807, 2.05) is 47.9 Å². The minimum Gasteiger partial charge on any atom is -0.396 e. The molecule has 0 bridgehead atoms. The van der Waals surface area contributed by atoms with Gasteiger partial charge < -0.3 is 5.11 Å². The lowest BCUT2D eigenvalue weighted by Crippen LogP contribution is -2.10. The first-order valence-corrected chi connectivity index (χ1v) is 7.08. The van der Waals surface area contributed by atoms with Gasteiger partial charge in [-0.15, -0.1) is 11.3 Å². The lowest BCUT2D eigenvalue weighted by Gasteiger charge is -2.08. The highest BCUT2D eigenvalue weighted by molar-refractivity contribution is 7.10. The summed E-state index contributed by atoms with van der Waals surface area (Å²) < 4.78 is 0. The number of hydrogen-bond donors (Lipinski definition) is 1. The van der Waals surface area contributed by atoms with Crippen molar-refractivity contribution in [2.24, 2.45) is 5.92 Å². The molecule has 0 aliphatic heterocycles. The Morgan fingerprint density at radius 3 is 2.63 bits per heavy atom. The molecule has 0 aliphatic carbocycles. The van der Waals surface area contributed by atoms with Gasteiger partial charge in [0.25, 0.3) is 0 Å². The van der Waals surface area contributed by atoms with Gasteiger partial charge in [0.2, 0.25) is 0 Å². The molecule has 98 valence electrons. The summed E-state index contributed by atoms with van der Waals surface area (Å²) in [4.78, 5) is 13.2. The fourth-order valence-corrected chi connectivity index (χ4v) is 2.42. The van der Waals surface area contributed by atoms with Crippen LogP contribution in [0.15, 0.2) is 53.9 Å². The smallest absolute Gasteiger partial charge is 0.163 e. The van der Waals surface area contributed by atoms with Crippen LogP contribution in [0.5, 0.6) is 0 Å². The molecule has 0 spiro atoms. The van der Waals surface area contributed by atoms with Crippen LogP contribution in [0.25, 0.3) is 6.08 Å². The summed E-state index contributed by atoms with van der Waals surface area (Å²) in [5.41, 5.74) is 0.700. The average Bonchev–Trinajstić information content (AvgIpc) is 2.97. The molecule has 1 aromatic heterocycles. The number of carbonyl (C=O) groups excluding carboxylic acids is 1. The molecule has 19 heavy (non-hydrogen) atoms. The lowest BCUT2D eigenvalue weighted by atomic mass is 9.98. The summed E-state index contributed by atoms with van der Waals surface area (Å²) in [6, 6.07) is 13.2. The normalized spacial score (nSPS) is 12.7. The number of hydrogen-bond acceptors (Lipinski definition) is 3. The van der Waals surface area contributed by atoms with Crippen LogP contribution >= 0.6 is 11.3 Å². The quantitative estimate of drug-likeness (QED) is 0.815. The predicted octanol–water partition coefficient (Wildman–Crippen LogP) is 3.64. The van der Waals surface area contributed by atoms with Gasteiger partial charge in [0, 0.05) is 29.4 Å². The highest BCUT2D eigenvalue weighted by atomic mass is 32.1. The maximum absolute atomic E-state index is 12.0. The molecule has 3 heteroatoms. The molecule has 2 nitrogen and oxygen atoms in total. The van der Waals surface area contributed by atoms with Crippen molar-refractivity contribution in [3.05, 3.63) is 64.4 Å². The van der Waals surface area contributed by atoms with Crippen LogP contribution in [0.4, 0.5) is 0 Å². The standard InChI is InChI=1S/C16H16O2S/c17-12-13(8-9-15-7-4-10-19-15)11-16(18)14-5-2-1-3-6-14/h1-10,13,17H,11-12H2/b9-8+/t13-/m1/s1. The van der Waals surface area contributed by atoms with Gasteiger partial charge >= 0.3 is 0 Å². The van der Waals surface area contributed by atoms with E-state index in [1.54, 1.807) is 23.5 Å². The molecule has 2 aromatic rings. The molecule has 0 saturated carbocycles. The summed E-state index contributed by atoms with van der Waals surface area (Å²) >= 11 is 1.64. The molecule has 1 aromatic carbocycles. The van der Waals surface area contributed by atoms with E-state index in [1.165, 1.54) is 0 Å². The minimum atomic E-state index is -0.130. The van der Waals surface area contributed by atoms with Gasteiger partial charge in [0.05, 0.1) is 0 Å². The van der Waals surface area contributed by atoms with E-state index in [9.17, 15) is 9.90 Å². The molecule has 1 atom stereocenters. The highest BCUT2D eigenvalue weighted by Gasteiger charge is 2.11. The molecule has 0 saturated heterocycles. The second kappa shape index (κ2) is 7.02. The number of rotatable bonds is 6. The first-order chi connectivity index (χ1) is 9.29. The zero-order valence-corrected chi connectivity index (χ0v) is 11.3. The summed E-state index contributed by atoms with van der Waals surface area (Å²) in [5.74, 6) is -0.0646. The van der Waals surface area contributed by atoms with E-state index in [0.29, 0.717) is 12.0 Å². The molecular weight excluding hydrogens is 256 g/mol. The Morgan fingerprint density at radius 1 is 1.21 bits per heavy atom. The second-order valence-corrected chi connectivity index (χ2v) is 5.29. The molecule has 1 heterocycles. The third-order valence-corrected chi connectivity index (χ3v) is 3.69. The van der Waals surface area contributed by atoms with Crippen LogP contribution < -0.4 is 0 Å². The second-order valence-electron chi connectivity index (χ2n) is 4.31. The Kier molecular flexibility index (Phi) is 5.07. The first kappa shape index (κ1) is 13.7. The topological polar surface area (TPSA) is 37.3 Å². The van der Waals surface area contributed by atoms with E-state index in [0.717, 1.165) is 4.88 Å². The summed E-state index contributed by atoms with van der Waals surface area (Å²) in [7, 11) is 0. The first-order valence-electron chi connectivity index (χ1n) is 6.20. The van der Waals surface area contributed by atoms with Gasteiger partial charge in [-0.1, -0.05) is 42.5 Å². The number of carbonyl (C=O) groups is 1. The number of thiophene rings is 1. The third kappa shape index (κ3) is 4.16. The molecule has 0 unspecified atom stereocenters. The molecule has 1 N–H and O–H groups in total. The van der Waals surface area contributed by atoms with Gasteiger partial charge in [-0.2, -0.15) is 0 Å². The van der Waals surface area contributed by atoms with Crippen molar-refractivity contribution in [2.45, 2.75) is 6.42 Å². The zero-order chi connectivity index (χ0) is 13.5. The summed E-state index contributed by atoms with van der Waals surface area (Å²) in [5, 5.41) is 11.4. The Labute approximate surface area is 117 Å². The maximum atomic E-state index is 12.0. The Balaban J connectivity index is 1.98. The molecule has 0 radical (unpaired) electrons. The van der Waals surface area contributed by atoms with Crippen LogP contribution in [0.2, 0.25) is 0 Å². The van der Waals surface area contributed by atoms with Crippen molar-refractivity contribution in [2.75, 3.05) is 6.61 Å². The van der Waals surface area contributed by atoms with E-state index in [4.69, 9.17) is 0 Å². The van der Waals surface area contributed by atoms with Gasteiger partial charge in [0.1, 0.15) is 0 Å². The third-order valence-electron chi connectivity index (χ3n) is 2.85. The minimum absolute atomic E-state index is 0.0134. The van der Waals surface area contributed by atoms with Crippen LogP contribution in [0.1, 0.15) is 21.7 Å². The van der Waals surface area contributed by atoms with Crippen LogP contribution in [0.3, 0.4) is 0 Å². The van der Waals surface area contributed by atoms with Gasteiger partial charge in [-0.05, 0) is 17.5 Å². The number of benzene rings is 1. The molecular formula is C16H16O2S. The van der Waals surface area contributed by atoms with Gasteiger partial charge in [-0.3, -0.25) is 4.79 Å². The van der Waals surface area contributed by atoms with Crippen molar-refractivity contribution in [1.82, 2.24) is 0 Å². The van der Waals surface area contributed by atoms with E-state index >= 15 is 0 Å². The fourth-order valence-electron chi connectivity index (χ4n) is 1.79. The fraction of sp³-hybridized carbons (Fsp3) is 0.188. The van der Waals surface area contributed by atoms with Crippen LogP contribution in [-0.2, 0) is 0 Å². The number of aliphatic hydroxyl groups is 1. The van der Waals surface area contributed by atoms with Gasteiger partial charge in [0.15, 0.2) is 5.78 Å². The Bertz CT molecular complexity index is 529. The van der Waals surface area contributed by atoms with Crippen molar-refractivity contribution in [1.29, 1.82) is 0 Å². The monoisotopic (exact) mass is 272 g/mol. The number of Topliss-reactive ketones (excluding diaryl/α,β-unsaturated/α-hetero) is 1. The van der Waals surface area contributed by atoms with Crippen molar-refractivity contribution in [3.63, 3.8) is 0 Å². The Hall–Kier alpha value is -1.71. The maximum Gasteiger partial charge on any atom is 0.163 e. The van der Waals surface area contributed by atoms with Crippen LogP contribution in [-0.4, -0.2) is 17.5 Å². The SMILES string of the molecule is O=C(C[C@@H](/C=C/c1cccs1)CO)c1ccccc1. The molecule has 0 fully saturated rings. The van der Waals surface area contributed by atoms with Crippen molar-refractivity contribution in [3.8, 4) is 0 Å². The average molecular weight is 272 g/mol. The Morgan fingerprint density at radius 2 is 2.00 bits per heavy atom. The van der Waals surface area contributed by atoms with Crippen LogP contribution in [0, 0.1) is 5.92 Å². The molecule has 0 amide bonds. The van der Waals surface area contributed by atoms with E-state index < -0.39 is 0 Å². The summed E-state index contributed by atoms with van der Waals surface area (Å²) in [6.45, 7) is -0.0134. The summed E-state index contributed by atoms with van der Waals surface area (Å²) in [6.07, 6.45) is 4.21. The highest BCUT2D eigenvalue weighted by Crippen LogP contribution is 2.15. The predicted molar refractivity (Wildman–Crippen MR) is 79.3 cm³/mol. The van der Waals surface area contributed by atoms with Crippen molar-refractivity contribution < 1.29 is 9.90 Å². The van der Waals surface area contributed by atoms with E-state index in [2.05, 4.69) is 0 Å². The largest absolute Gasteiger partial charge is 0.396 e. The zero-order valence-electron chi connectivity index (χ0n) is 10.5. The van der Waals surface area contributed by atoms with Gasteiger partial charge in [-0.25, -0.2) is 0 Å². The molecule has 0 aliphatic rings. The lowest BCUT2D eigenvalue weighted by molar-refractivity contribution is 0.0952. The number of ketones is 1.